The first-order valence-corrected chi connectivity index (χ1v) is 26.2. The predicted octanol–water partition coefficient (Wildman–Crippen LogP) is -2.07. The van der Waals surface area contributed by atoms with Gasteiger partial charge in [0.25, 0.3) is 11.8 Å². The van der Waals surface area contributed by atoms with E-state index in [1.165, 1.54) is 17.1 Å². The number of primary amides is 1. The van der Waals surface area contributed by atoms with Crippen molar-refractivity contribution in [2.24, 2.45) is 11.7 Å². The number of ether oxygens (including phenoxy) is 9. The maximum atomic E-state index is 13.1. The Morgan fingerprint density at radius 2 is 1.03 bits per heavy atom. The van der Waals surface area contributed by atoms with E-state index in [-0.39, 0.29) is 75.2 Å². The molecule has 1 aliphatic heterocycles. The first kappa shape index (κ1) is 65.3. The molecule has 1 heterocycles. The van der Waals surface area contributed by atoms with Crippen LogP contribution in [0.4, 0.5) is 0 Å². The number of hydrogen-bond donors (Lipinski definition) is 7. The van der Waals surface area contributed by atoms with Crippen molar-refractivity contribution in [3.8, 4) is 0 Å². The molecule has 77 heavy (non-hydrogen) atoms. The minimum absolute atomic E-state index is 0.0667. The summed E-state index contributed by atoms with van der Waals surface area (Å²) < 4.78 is 49.2. The van der Waals surface area contributed by atoms with Gasteiger partial charge >= 0.3 is 0 Å². The molecule has 2 aliphatic rings. The number of nitrogens with one attached hydrogen (secondary N) is 6. The summed E-state index contributed by atoms with van der Waals surface area (Å²) in [5.74, 6) is -4.11. The summed E-state index contributed by atoms with van der Waals surface area (Å²) in [4.78, 5) is 110. The molecule has 0 aromatic heterocycles. The molecule has 8 N–H and O–H groups in total. The van der Waals surface area contributed by atoms with E-state index in [0.29, 0.717) is 144 Å². The van der Waals surface area contributed by atoms with E-state index in [4.69, 9.17) is 48.4 Å². The van der Waals surface area contributed by atoms with E-state index in [1.54, 1.807) is 30.3 Å². The van der Waals surface area contributed by atoms with E-state index in [9.17, 15) is 43.2 Å². The van der Waals surface area contributed by atoms with Crippen LogP contribution in [0.25, 0.3) is 0 Å². The molecule has 0 saturated heterocycles. The summed E-state index contributed by atoms with van der Waals surface area (Å²) in [5, 5.41) is 15.3. The smallest absolute Gasteiger partial charge is 0.253 e. The fourth-order valence-corrected chi connectivity index (χ4v) is 7.32. The van der Waals surface area contributed by atoms with Crippen LogP contribution in [-0.2, 0) is 92.2 Å². The molecule has 1 aliphatic carbocycles. The van der Waals surface area contributed by atoms with Gasteiger partial charge in [-0.3, -0.25) is 48.1 Å². The average Bonchev–Trinajstić information content (AvgIpc) is 3.74. The number of nitrogens with zero attached hydrogens (tertiary/aromatic N) is 1. The number of carbonyl (C=O) groups is 9. The Balaban J connectivity index is 1.04. The van der Waals surface area contributed by atoms with Crippen LogP contribution < -0.4 is 37.6 Å². The van der Waals surface area contributed by atoms with Crippen molar-refractivity contribution < 1.29 is 85.8 Å². The zero-order valence-corrected chi connectivity index (χ0v) is 44.1. The van der Waals surface area contributed by atoms with Gasteiger partial charge in [-0.1, -0.05) is 36.8 Å². The van der Waals surface area contributed by atoms with Crippen molar-refractivity contribution in [1.29, 1.82) is 0 Å². The summed E-state index contributed by atoms with van der Waals surface area (Å²) in [6.45, 7) is 4.48. The minimum atomic E-state index is -1.07. The van der Waals surface area contributed by atoms with Crippen molar-refractivity contribution in [1.82, 2.24) is 36.8 Å². The Hall–Kier alpha value is -5.97. The average molecular weight is 1090 g/mol. The number of rotatable bonds is 46. The highest BCUT2D eigenvalue weighted by atomic mass is 16.6. The maximum Gasteiger partial charge on any atom is 0.253 e. The van der Waals surface area contributed by atoms with Crippen LogP contribution in [0.1, 0.15) is 56.9 Å². The van der Waals surface area contributed by atoms with Crippen LogP contribution >= 0.6 is 0 Å². The van der Waals surface area contributed by atoms with Crippen molar-refractivity contribution in [3.63, 3.8) is 0 Å². The fourth-order valence-electron chi connectivity index (χ4n) is 7.32. The number of imide groups is 1. The lowest BCUT2D eigenvalue weighted by Crippen LogP contribution is -2.52. The van der Waals surface area contributed by atoms with Gasteiger partial charge in [0.15, 0.2) is 0 Å². The molecule has 1 atom stereocenters. The molecule has 0 bridgehead atoms. The lowest BCUT2D eigenvalue weighted by atomic mass is 9.87. The SMILES string of the molecule is NC(=O)[C@H]1CC[C@@H](OCNC(=O)CNC(=O)[C@H](Cc2ccccc2)NC(=O)CNC(=O)CNC(=O)COCCOCCOCCOCCOCCOCCOCCOCCNC(=O)CCCCCN2C(=O)C=CC2=O)CC1. The first-order valence-electron chi connectivity index (χ1n) is 26.2. The summed E-state index contributed by atoms with van der Waals surface area (Å²) in [5.41, 5.74) is 6.12. The largest absolute Gasteiger partial charge is 0.377 e. The Kier molecular flexibility index (Phi) is 35.7. The molecule has 1 saturated carbocycles. The van der Waals surface area contributed by atoms with Crippen LogP contribution in [0.15, 0.2) is 42.5 Å². The Bertz CT molecular complexity index is 1920. The first-order chi connectivity index (χ1) is 37.4. The maximum absolute atomic E-state index is 13.1. The van der Waals surface area contributed by atoms with Crippen LogP contribution in [0, 0.1) is 5.92 Å². The van der Waals surface area contributed by atoms with E-state index in [0.717, 1.165) is 12.0 Å². The number of benzene rings is 1. The predicted molar refractivity (Wildman–Crippen MR) is 274 cm³/mol. The van der Waals surface area contributed by atoms with Gasteiger partial charge in [-0.25, -0.2) is 0 Å². The monoisotopic (exact) mass is 1090 g/mol. The van der Waals surface area contributed by atoms with Gasteiger partial charge in [0.05, 0.1) is 125 Å². The fraction of sp³-hybridized carbons (Fsp3) is 0.667. The van der Waals surface area contributed by atoms with Gasteiger partial charge in [-0.05, 0) is 44.1 Å². The van der Waals surface area contributed by atoms with Crippen LogP contribution in [0.3, 0.4) is 0 Å². The van der Waals surface area contributed by atoms with Crippen LogP contribution in [0.5, 0.6) is 0 Å². The van der Waals surface area contributed by atoms with Crippen molar-refractivity contribution in [2.75, 3.05) is 145 Å². The number of hydrogen-bond acceptors (Lipinski definition) is 18. The molecule has 1 aromatic carbocycles. The molecule has 1 fully saturated rings. The summed E-state index contributed by atoms with van der Waals surface area (Å²) in [6.07, 6.45) is 7.53. The lowest BCUT2D eigenvalue weighted by molar-refractivity contribution is -0.137. The molecule has 0 unspecified atom stereocenters. The van der Waals surface area contributed by atoms with Gasteiger partial charge in [-0.15, -0.1) is 0 Å². The molecule has 26 heteroatoms. The third-order valence-corrected chi connectivity index (χ3v) is 11.5. The lowest BCUT2D eigenvalue weighted by Gasteiger charge is -2.26. The van der Waals surface area contributed by atoms with Crippen LogP contribution in [0.2, 0.25) is 0 Å². The molecule has 9 amide bonds. The molecular weight excluding hydrogens is 1010 g/mol. The van der Waals surface area contributed by atoms with Gasteiger partial charge in [0.2, 0.25) is 41.4 Å². The minimum Gasteiger partial charge on any atom is -0.377 e. The number of nitrogens with two attached hydrogens (primary N) is 1. The molecule has 26 nitrogen and oxygen atoms in total. The standard InChI is InChI=1S/C51H80N8O18/c52-50(67)40-10-12-41(13-11-40)77-38-57-45(62)35-56-51(68)42(33-39-7-3-1-4-8-39)58-46(63)36-54-44(61)34-55-47(64)37-76-32-31-75-30-29-74-28-27-73-26-25-72-24-23-71-22-21-70-20-19-69-18-16-53-43(60)9-5-2-6-17-59-48(65)14-15-49(59)66/h1,3-4,7-8,14-15,40-42H,2,5-6,9-13,16-38H2,(H2,52,67)(H,53,60)(H,54,61)(H,55,64)(H,56,68)(H,57,62)(H,58,63)/t40-,41+,42-/m0/s1. The third-order valence-electron chi connectivity index (χ3n) is 11.5. The second-order valence-corrected chi connectivity index (χ2v) is 17.5. The third kappa shape index (κ3) is 33.0. The molecule has 432 valence electrons. The summed E-state index contributed by atoms with van der Waals surface area (Å²) in [6, 6.07) is 7.86. The highest BCUT2D eigenvalue weighted by molar-refractivity contribution is 6.12. The number of unbranched alkanes of at least 4 members (excludes halogenated alkanes) is 2. The van der Waals surface area contributed by atoms with Crippen molar-refractivity contribution in [2.45, 2.75) is 69.9 Å². The van der Waals surface area contributed by atoms with E-state index in [1.807, 2.05) is 0 Å². The van der Waals surface area contributed by atoms with Gasteiger partial charge in [-0.2, -0.15) is 0 Å². The second-order valence-electron chi connectivity index (χ2n) is 17.5. The topological polar surface area (TPSA) is 338 Å². The quantitative estimate of drug-likeness (QED) is 0.0210. The highest BCUT2D eigenvalue weighted by Crippen LogP contribution is 2.25. The van der Waals surface area contributed by atoms with Gasteiger partial charge < -0.3 is 80.3 Å². The molecule has 3 rings (SSSR count). The number of carbonyl (C=O) groups excluding carboxylic acids is 9. The van der Waals surface area contributed by atoms with E-state index in [2.05, 4.69) is 31.9 Å². The summed E-state index contributed by atoms with van der Waals surface area (Å²) in [7, 11) is 0. The highest BCUT2D eigenvalue weighted by Gasteiger charge is 2.26. The van der Waals surface area contributed by atoms with Gasteiger partial charge in [0, 0.05) is 44.0 Å². The van der Waals surface area contributed by atoms with Crippen LogP contribution in [-0.4, -0.2) is 215 Å². The second kappa shape index (κ2) is 42.1. The Labute approximate surface area is 449 Å². The molecule has 0 radical (unpaired) electrons. The van der Waals surface area contributed by atoms with Crippen molar-refractivity contribution >= 4 is 53.2 Å². The Morgan fingerprint density at radius 1 is 0.532 bits per heavy atom. The van der Waals surface area contributed by atoms with Crippen molar-refractivity contribution in [3.05, 3.63) is 48.0 Å². The van der Waals surface area contributed by atoms with E-state index >= 15 is 0 Å². The molecule has 1 aromatic rings. The Morgan fingerprint density at radius 3 is 1.58 bits per heavy atom. The van der Waals surface area contributed by atoms with Gasteiger partial charge in [0.1, 0.15) is 19.4 Å². The normalized spacial score (nSPS) is 15.5. The molecular formula is C51H80N8O18. The summed E-state index contributed by atoms with van der Waals surface area (Å²) >= 11 is 0. The zero-order chi connectivity index (χ0) is 55.6. The molecule has 0 spiro atoms. The number of amides is 9. The zero-order valence-electron chi connectivity index (χ0n) is 44.1. The van der Waals surface area contributed by atoms with E-state index < -0.39 is 48.7 Å².